The Balaban J connectivity index is 1.76. The Morgan fingerprint density at radius 2 is 2.10 bits per heavy atom. The maximum Gasteiger partial charge on any atom is 0.111 e. The molecule has 0 aliphatic heterocycles. The number of aryl methyl sites for hydroxylation is 1. The van der Waals surface area contributed by atoms with Crippen LogP contribution in [0.5, 0.6) is 0 Å². The molecule has 0 saturated heterocycles. The zero-order chi connectivity index (χ0) is 14.7. The van der Waals surface area contributed by atoms with Gasteiger partial charge in [0, 0.05) is 23.9 Å². The average molecular weight is 327 g/mol. The van der Waals surface area contributed by atoms with Crippen molar-refractivity contribution in [2.24, 2.45) is 0 Å². The van der Waals surface area contributed by atoms with Gasteiger partial charge in [-0.15, -0.1) is 11.6 Å². The third-order valence-electron chi connectivity index (χ3n) is 4.08. The smallest absolute Gasteiger partial charge is 0.111 e. The van der Waals surface area contributed by atoms with E-state index in [2.05, 4.69) is 9.55 Å². The van der Waals surface area contributed by atoms with Crippen molar-refractivity contribution in [2.75, 3.05) is 12.5 Å². The number of halogens is 2. The zero-order valence-corrected chi connectivity index (χ0v) is 13.5. The molecule has 0 atom stereocenters. The quantitative estimate of drug-likeness (QED) is 0.734. The molecule has 0 spiro atoms. The van der Waals surface area contributed by atoms with Crippen molar-refractivity contribution < 1.29 is 4.74 Å². The van der Waals surface area contributed by atoms with Crippen LogP contribution in [0, 0.1) is 0 Å². The predicted octanol–water partition coefficient (Wildman–Crippen LogP) is 4.43. The summed E-state index contributed by atoms with van der Waals surface area (Å²) in [5, 5.41) is 0.715. The third-order valence-corrected chi connectivity index (χ3v) is 4.50. The summed E-state index contributed by atoms with van der Waals surface area (Å²) < 4.78 is 8.19. The minimum absolute atomic E-state index is 0.450. The van der Waals surface area contributed by atoms with E-state index < -0.39 is 0 Å². The average Bonchev–Trinajstić information content (AvgIpc) is 3.08. The highest BCUT2D eigenvalue weighted by Gasteiger charge is 2.16. The predicted molar refractivity (Wildman–Crippen MR) is 87.4 cm³/mol. The zero-order valence-electron chi connectivity index (χ0n) is 12.0. The lowest BCUT2D eigenvalue weighted by atomic mass is 10.3. The summed E-state index contributed by atoms with van der Waals surface area (Å²) in [5.74, 6) is 1.58. The van der Waals surface area contributed by atoms with Gasteiger partial charge >= 0.3 is 0 Å². The SMILES string of the molecule is ClCCc1nc2cc(Cl)ccc2n1CCOC1CCCC1. The molecule has 5 heteroatoms. The van der Waals surface area contributed by atoms with Gasteiger partial charge in [0.05, 0.1) is 23.7 Å². The molecule has 0 N–H and O–H groups in total. The standard InChI is InChI=1S/C16H20Cl2N2O/c17-8-7-16-19-14-11-12(18)5-6-15(14)20(16)9-10-21-13-3-1-2-4-13/h5-6,11,13H,1-4,7-10H2. The highest BCUT2D eigenvalue weighted by atomic mass is 35.5. The largest absolute Gasteiger partial charge is 0.376 e. The van der Waals surface area contributed by atoms with Crippen molar-refractivity contribution in [3.05, 3.63) is 29.0 Å². The van der Waals surface area contributed by atoms with Gasteiger partial charge in [-0.05, 0) is 31.0 Å². The topological polar surface area (TPSA) is 27.1 Å². The molecule has 0 radical (unpaired) electrons. The number of imidazole rings is 1. The van der Waals surface area contributed by atoms with Crippen LogP contribution in [0.3, 0.4) is 0 Å². The van der Waals surface area contributed by atoms with Crippen molar-refractivity contribution in [1.29, 1.82) is 0 Å². The van der Waals surface area contributed by atoms with E-state index in [-0.39, 0.29) is 0 Å². The molecule has 1 fully saturated rings. The van der Waals surface area contributed by atoms with E-state index in [9.17, 15) is 0 Å². The number of alkyl halides is 1. The Morgan fingerprint density at radius 3 is 2.86 bits per heavy atom. The van der Waals surface area contributed by atoms with Gasteiger partial charge in [0.25, 0.3) is 0 Å². The van der Waals surface area contributed by atoms with E-state index in [0.29, 0.717) is 17.0 Å². The minimum Gasteiger partial charge on any atom is -0.376 e. The molecule has 0 unspecified atom stereocenters. The number of nitrogens with zero attached hydrogens (tertiary/aromatic N) is 2. The van der Waals surface area contributed by atoms with E-state index in [4.69, 9.17) is 27.9 Å². The number of aromatic nitrogens is 2. The molecule has 0 bridgehead atoms. The highest BCUT2D eigenvalue weighted by Crippen LogP contribution is 2.23. The minimum atomic E-state index is 0.450. The summed E-state index contributed by atoms with van der Waals surface area (Å²) in [6, 6.07) is 5.84. The maximum absolute atomic E-state index is 6.05. The fraction of sp³-hybridized carbons (Fsp3) is 0.562. The van der Waals surface area contributed by atoms with E-state index in [0.717, 1.165) is 36.4 Å². The van der Waals surface area contributed by atoms with E-state index in [1.807, 2.05) is 18.2 Å². The van der Waals surface area contributed by atoms with E-state index in [1.165, 1.54) is 25.7 Å². The van der Waals surface area contributed by atoms with Gasteiger partial charge in [-0.3, -0.25) is 0 Å². The fourth-order valence-corrected chi connectivity index (χ4v) is 3.38. The molecule has 3 nitrogen and oxygen atoms in total. The first-order valence-electron chi connectivity index (χ1n) is 7.60. The second kappa shape index (κ2) is 6.99. The third kappa shape index (κ3) is 3.53. The number of hydrogen-bond donors (Lipinski definition) is 0. The molecule has 0 amide bonds. The van der Waals surface area contributed by atoms with Crippen molar-refractivity contribution >= 4 is 34.2 Å². The molecule has 1 aliphatic rings. The number of rotatable bonds is 6. The van der Waals surface area contributed by atoms with Crippen LogP contribution >= 0.6 is 23.2 Å². The van der Waals surface area contributed by atoms with Crippen LogP contribution < -0.4 is 0 Å². The summed E-state index contributed by atoms with van der Waals surface area (Å²) in [6.07, 6.45) is 6.22. The van der Waals surface area contributed by atoms with Gasteiger partial charge in [-0.2, -0.15) is 0 Å². The summed E-state index contributed by atoms with van der Waals surface area (Å²) in [4.78, 5) is 4.65. The number of fused-ring (bicyclic) bond motifs is 1. The molecular weight excluding hydrogens is 307 g/mol. The number of hydrogen-bond acceptors (Lipinski definition) is 2. The Kier molecular flexibility index (Phi) is 5.04. The van der Waals surface area contributed by atoms with Crippen molar-refractivity contribution in [3.8, 4) is 0 Å². The second-order valence-electron chi connectivity index (χ2n) is 5.53. The molecule has 114 valence electrons. The number of benzene rings is 1. The molecule has 1 heterocycles. The fourth-order valence-electron chi connectivity index (χ4n) is 3.04. The number of ether oxygens (including phenoxy) is 1. The lowest BCUT2D eigenvalue weighted by Crippen LogP contribution is -2.15. The van der Waals surface area contributed by atoms with Crippen molar-refractivity contribution in [1.82, 2.24) is 9.55 Å². The normalized spacial score (nSPS) is 16.1. The molecule has 21 heavy (non-hydrogen) atoms. The Hall–Kier alpha value is -0.770. The summed E-state index contributed by atoms with van der Waals surface area (Å²) in [7, 11) is 0. The van der Waals surface area contributed by atoms with Gasteiger partial charge in [-0.25, -0.2) is 4.98 Å². The van der Waals surface area contributed by atoms with Gasteiger partial charge < -0.3 is 9.30 Å². The first kappa shape index (κ1) is 15.1. The molecule has 1 saturated carbocycles. The summed E-state index contributed by atoms with van der Waals surface area (Å²) in [6.45, 7) is 1.55. The van der Waals surface area contributed by atoms with Crippen LogP contribution in [-0.4, -0.2) is 28.1 Å². The summed E-state index contributed by atoms with van der Waals surface area (Å²) in [5.41, 5.74) is 2.04. The van der Waals surface area contributed by atoms with E-state index >= 15 is 0 Å². The second-order valence-corrected chi connectivity index (χ2v) is 6.34. The van der Waals surface area contributed by atoms with Gasteiger partial charge in [-0.1, -0.05) is 24.4 Å². The molecule has 3 rings (SSSR count). The van der Waals surface area contributed by atoms with Gasteiger partial charge in [0.15, 0.2) is 0 Å². The monoisotopic (exact) mass is 326 g/mol. The lowest BCUT2D eigenvalue weighted by Gasteiger charge is -2.13. The molecule has 1 aliphatic carbocycles. The van der Waals surface area contributed by atoms with Crippen LogP contribution in [0.1, 0.15) is 31.5 Å². The van der Waals surface area contributed by atoms with Crippen LogP contribution in [0.2, 0.25) is 5.02 Å². The van der Waals surface area contributed by atoms with Crippen molar-refractivity contribution in [2.45, 2.75) is 44.8 Å². The Labute approximate surface area is 135 Å². The molecule has 1 aromatic heterocycles. The Bertz CT molecular complexity index is 606. The molecular formula is C16H20Cl2N2O. The van der Waals surface area contributed by atoms with Gasteiger partial charge in [0.1, 0.15) is 5.82 Å². The maximum atomic E-state index is 6.05. The summed E-state index contributed by atoms with van der Waals surface area (Å²) >= 11 is 11.9. The van der Waals surface area contributed by atoms with Crippen LogP contribution in [0.25, 0.3) is 11.0 Å². The van der Waals surface area contributed by atoms with Gasteiger partial charge in [0.2, 0.25) is 0 Å². The van der Waals surface area contributed by atoms with Crippen LogP contribution in [0.4, 0.5) is 0 Å². The first-order chi connectivity index (χ1) is 10.3. The Morgan fingerprint density at radius 1 is 1.29 bits per heavy atom. The van der Waals surface area contributed by atoms with Crippen LogP contribution in [0.15, 0.2) is 18.2 Å². The molecule has 2 aromatic rings. The van der Waals surface area contributed by atoms with Crippen molar-refractivity contribution in [3.63, 3.8) is 0 Å². The first-order valence-corrected chi connectivity index (χ1v) is 8.51. The van der Waals surface area contributed by atoms with E-state index in [1.54, 1.807) is 0 Å². The lowest BCUT2D eigenvalue weighted by molar-refractivity contribution is 0.0531. The van der Waals surface area contributed by atoms with Crippen LogP contribution in [-0.2, 0) is 17.7 Å². The highest BCUT2D eigenvalue weighted by molar-refractivity contribution is 6.31. The molecule has 1 aromatic carbocycles.